The Morgan fingerprint density at radius 1 is 1.18 bits per heavy atom. The molecule has 0 amide bonds. The second-order valence-electron chi connectivity index (χ2n) is 4.35. The van der Waals surface area contributed by atoms with E-state index in [1.165, 1.54) is 18.4 Å². The number of hydrogen-bond acceptors (Lipinski definition) is 3. The predicted molar refractivity (Wildman–Crippen MR) is 68.8 cm³/mol. The molecule has 3 nitrogen and oxygen atoms in total. The Hall–Kier alpha value is -1.29. The molecule has 0 radical (unpaired) electrons. The van der Waals surface area contributed by atoms with Crippen LogP contribution in [0.1, 0.15) is 35.8 Å². The summed E-state index contributed by atoms with van der Waals surface area (Å²) in [5, 5.41) is 0. The topological polar surface area (TPSA) is 38.7 Å². The van der Waals surface area contributed by atoms with Crippen LogP contribution in [0, 0.1) is 0 Å². The number of pyridine rings is 1. The third kappa shape index (κ3) is 2.69. The number of aromatic nitrogens is 3. The molecule has 86 valence electrons. The van der Waals surface area contributed by atoms with Crippen molar-refractivity contribution in [1.29, 1.82) is 0 Å². The molecule has 0 aliphatic heterocycles. The zero-order valence-corrected chi connectivity index (χ0v) is 10.9. The van der Waals surface area contributed by atoms with Crippen LogP contribution in [0.2, 0.25) is 0 Å². The van der Waals surface area contributed by atoms with Gasteiger partial charge >= 0.3 is 0 Å². The van der Waals surface area contributed by atoms with E-state index >= 15 is 0 Å². The van der Waals surface area contributed by atoms with Crippen LogP contribution in [-0.2, 0) is 6.42 Å². The van der Waals surface area contributed by atoms with E-state index in [4.69, 9.17) is 0 Å². The molecule has 0 N–H and O–H groups in total. The summed E-state index contributed by atoms with van der Waals surface area (Å²) in [5.41, 5.74) is 2.30. The van der Waals surface area contributed by atoms with Gasteiger partial charge in [0.25, 0.3) is 0 Å². The first-order valence-corrected chi connectivity index (χ1v) is 6.53. The molecule has 0 unspecified atom stereocenters. The molecule has 1 aliphatic carbocycles. The molecule has 0 saturated heterocycles. The van der Waals surface area contributed by atoms with Crippen molar-refractivity contribution in [2.75, 3.05) is 0 Å². The van der Waals surface area contributed by atoms with E-state index in [1.54, 1.807) is 0 Å². The number of halogens is 1. The van der Waals surface area contributed by atoms with Gasteiger partial charge in [0.15, 0.2) is 0 Å². The second-order valence-corrected chi connectivity index (χ2v) is 5.16. The minimum absolute atomic E-state index is 0.587. The first-order chi connectivity index (χ1) is 8.31. The van der Waals surface area contributed by atoms with Gasteiger partial charge in [-0.2, -0.15) is 0 Å². The molecule has 2 aromatic rings. The molecule has 3 rings (SSSR count). The SMILES string of the molecule is Brc1cc(Cc2ccncc2)nc(C2CC2)n1. The summed E-state index contributed by atoms with van der Waals surface area (Å²) in [7, 11) is 0. The predicted octanol–water partition coefficient (Wildman–Crippen LogP) is 3.10. The van der Waals surface area contributed by atoms with E-state index < -0.39 is 0 Å². The smallest absolute Gasteiger partial charge is 0.132 e. The highest BCUT2D eigenvalue weighted by atomic mass is 79.9. The van der Waals surface area contributed by atoms with Crippen LogP contribution in [0.3, 0.4) is 0 Å². The summed E-state index contributed by atoms with van der Waals surface area (Å²) in [5.74, 6) is 1.58. The Balaban J connectivity index is 1.87. The van der Waals surface area contributed by atoms with E-state index in [0.717, 1.165) is 22.5 Å². The maximum atomic E-state index is 4.63. The lowest BCUT2D eigenvalue weighted by Gasteiger charge is -2.04. The molecule has 2 aromatic heterocycles. The first kappa shape index (κ1) is 10.8. The van der Waals surface area contributed by atoms with Crippen molar-refractivity contribution in [3.8, 4) is 0 Å². The lowest BCUT2D eigenvalue weighted by atomic mass is 10.1. The summed E-state index contributed by atoms with van der Waals surface area (Å²) >= 11 is 3.46. The molecule has 1 fully saturated rings. The van der Waals surface area contributed by atoms with Gasteiger partial charge in [0.1, 0.15) is 10.4 Å². The monoisotopic (exact) mass is 289 g/mol. The normalized spacial score (nSPS) is 14.9. The molecule has 2 heterocycles. The van der Waals surface area contributed by atoms with Crippen molar-refractivity contribution in [2.24, 2.45) is 0 Å². The maximum absolute atomic E-state index is 4.63. The average molecular weight is 290 g/mol. The van der Waals surface area contributed by atoms with E-state index in [1.807, 2.05) is 30.6 Å². The van der Waals surface area contributed by atoms with Gasteiger partial charge in [-0.25, -0.2) is 9.97 Å². The van der Waals surface area contributed by atoms with Crippen molar-refractivity contribution < 1.29 is 0 Å². The van der Waals surface area contributed by atoms with Gasteiger partial charge in [-0.1, -0.05) is 0 Å². The summed E-state index contributed by atoms with van der Waals surface area (Å²) < 4.78 is 0.887. The number of rotatable bonds is 3. The largest absolute Gasteiger partial charge is 0.265 e. The fourth-order valence-electron chi connectivity index (χ4n) is 1.81. The van der Waals surface area contributed by atoms with Crippen molar-refractivity contribution in [3.63, 3.8) is 0 Å². The van der Waals surface area contributed by atoms with Gasteiger partial charge in [0, 0.05) is 30.4 Å². The third-order valence-corrected chi connectivity index (χ3v) is 3.25. The molecule has 0 bridgehead atoms. The van der Waals surface area contributed by atoms with Gasteiger partial charge in [0.2, 0.25) is 0 Å². The van der Waals surface area contributed by atoms with Crippen LogP contribution in [0.5, 0.6) is 0 Å². The lowest BCUT2D eigenvalue weighted by molar-refractivity contribution is 0.876. The molecule has 0 aromatic carbocycles. The van der Waals surface area contributed by atoms with Gasteiger partial charge in [-0.15, -0.1) is 0 Å². The molecular formula is C13H12BrN3. The van der Waals surface area contributed by atoms with Gasteiger partial charge in [0.05, 0.1) is 0 Å². The summed E-state index contributed by atoms with van der Waals surface area (Å²) in [4.78, 5) is 13.1. The van der Waals surface area contributed by atoms with Crippen LogP contribution >= 0.6 is 15.9 Å². The molecular weight excluding hydrogens is 278 g/mol. The van der Waals surface area contributed by atoms with Crippen LogP contribution in [-0.4, -0.2) is 15.0 Å². The fourth-order valence-corrected chi connectivity index (χ4v) is 2.25. The van der Waals surface area contributed by atoms with Crippen LogP contribution in [0.4, 0.5) is 0 Å². The Labute approximate surface area is 108 Å². The summed E-state index contributed by atoms with van der Waals surface area (Å²) in [6.45, 7) is 0. The lowest BCUT2D eigenvalue weighted by Crippen LogP contribution is -1.99. The Morgan fingerprint density at radius 3 is 2.65 bits per heavy atom. The van der Waals surface area contributed by atoms with Crippen molar-refractivity contribution >= 4 is 15.9 Å². The van der Waals surface area contributed by atoms with Gasteiger partial charge in [-0.3, -0.25) is 4.98 Å². The summed E-state index contributed by atoms with van der Waals surface area (Å²) in [6, 6.07) is 6.03. The molecule has 0 atom stereocenters. The zero-order chi connectivity index (χ0) is 11.7. The van der Waals surface area contributed by atoms with Crippen molar-refractivity contribution in [2.45, 2.75) is 25.2 Å². The first-order valence-electron chi connectivity index (χ1n) is 5.73. The molecule has 4 heteroatoms. The van der Waals surface area contributed by atoms with Crippen molar-refractivity contribution in [1.82, 2.24) is 15.0 Å². The highest BCUT2D eigenvalue weighted by Crippen LogP contribution is 2.38. The molecule has 1 aliphatic rings. The molecule has 1 saturated carbocycles. The van der Waals surface area contributed by atoms with Crippen LogP contribution < -0.4 is 0 Å². The Kier molecular flexibility index (Phi) is 2.89. The zero-order valence-electron chi connectivity index (χ0n) is 9.31. The number of hydrogen-bond donors (Lipinski definition) is 0. The maximum Gasteiger partial charge on any atom is 0.132 e. The van der Waals surface area contributed by atoms with Gasteiger partial charge in [-0.05, 0) is 52.5 Å². The second kappa shape index (κ2) is 4.53. The Bertz CT molecular complexity index is 523. The fraction of sp³-hybridized carbons (Fsp3) is 0.308. The minimum Gasteiger partial charge on any atom is -0.265 e. The number of nitrogens with zero attached hydrogens (tertiary/aromatic N) is 3. The van der Waals surface area contributed by atoms with Crippen molar-refractivity contribution in [3.05, 3.63) is 52.3 Å². The molecule has 0 spiro atoms. The summed E-state index contributed by atoms with van der Waals surface area (Å²) in [6.07, 6.45) is 6.92. The highest BCUT2D eigenvalue weighted by molar-refractivity contribution is 9.10. The van der Waals surface area contributed by atoms with Crippen LogP contribution in [0.25, 0.3) is 0 Å². The standard InChI is InChI=1S/C13H12BrN3/c14-12-8-11(7-9-3-5-15-6-4-9)16-13(17-12)10-1-2-10/h3-6,8,10H,1-2,7H2. The quantitative estimate of drug-likeness (QED) is 0.815. The van der Waals surface area contributed by atoms with E-state index in [0.29, 0.717) is 5.92 Å². The average Bonchev–Trinajstić information content (AvgIpc) is 3.13. The molecule has 17 heavy (non-hydrogen) atoms. The van der Waals surface area contributed by atoms with Gasteiger partial charge < -0.3 is 0 Å². The van der Waals surface area contributed by atoms with E-state index in [-0.39, 0.29) is 0 Å². The minimum atomic E-state index is 0.587. The Morgan fingerprint density at radius 2 is 1.94 bits per heavy atom. The van der Waals surface area contributed by atoms with E-state index in [9.17, 15) is 0 Å². The highest BCUT2D eigenvalue weighted by Gasteiger charge is 2.27. The van der Waals surface area contributed by atoms with E-state index in [2.05, 4.69) is 30.9 Å². The van der Waals surface area contributed by atoms with Crippen LogP contribution in [0.15, 0.2) is 35.2 Å². The third-order valence-electron chi connectivity index (χ3n) is 2.84.